The summed E-state index contributed by atoms with van der Waals surface area (Å²) < 4.78 is 26.8. The Morgan fingerprint density at radius 1 is 1.35 bits per heavy atom. The molecular formula is C13H21N3O3S. The van der Waals surface area contributed by atoms with Crippen molar-refractivity contribution in [3.63, 3.8) is 0 Å². The smallest absolute Gasteiger partial charge is 0.262 e. The van der Waals surface area contributed by atoms with Crippen molar-refractivity contribution in [2.75, 3.05) is 18.9 Å². The van der Waals surface area contributed by atoms with Crippen LogP contribution in [0.2, 0.25) is 0 Å². The molecule has 0 amide bonds. The van der Waals surface area contributed by atoms with Gasteiger partial charge in [-0.1, -0.05) is 19.3 Å². The molecular weight excluding hydrogens is 278 g/mol. The molecule has 0 radical (unpaired) electrons. The first-order valence-electron chi connectivity index (χ1n) is 6.90. The summed E-state index contributed by atoms with van der Waals surface area (Å²) in [5.41, 5.74) is 5.88. The average Bonchev–Trinajstić information content (AvgIpc) is 2.45. The van der Waals surface area contributed by atoms with E-state index in [-0.39, 0.29) is 29.9 Å². The zero-order valence-corrected chi connectivity index (χ0v) is 12.2. The number of aromatic nitrogens is 1. The van der Waals surface area contributed by atoms with Crippen molar-refractivity contribution in [2.24, 2.45) is 0 Å². The molecule has 0 aromatic carbocycles. The molecule has 1 aromatic rings. The first-order chi connectivity index (χ1) is 9.57. The third kappa shape index (κ3) is 3.11. The molecule has 0 aliphatic heterocycles. The molecule has 3 N–H and O–H groups in total. The van der Waals surface area contributed by atoms with E-state index in [9.17, 15) is 13.5 Å². The topological polar surface area (TPSA) is 96.5 Å². The molecule has 112 valence electrons. The Morgan fingerprint density at radius 3 is 2.65 bits per heavy atom. The number of sulfonamides is 1. The van der Waals surface area contributed by atoms with Crippen LogP contribution >= 0.6 is 0 Å². The predicted molar refractivity (Wildman–Crippen MR) is 76.5 cm³/mol. The van der Waals surface area contributed by atoms with Gasteiger partial charge >= 0.3 is 0 Å². The SMILES string of the molecule is Nc1cccnc1S(=O)(=O)N(CCO)C1CCCCC1. The fourth-order valence-electron chi connectivity index (χ4n) is 2.70. The highest BCUT2D eigenvalue weighted by molar-refractivity contribution is 7.89. The zero-order valence-electron chi connectivity index (χ0n) is 11.4. The minimum atomic E-state index is -3.76. The van der Waals surface area contributed by atoms with E-state index in [0.717, 1.165) is 32.1 Å². The summed E-state index contributed by atoms with van der Waals surface area (Å²) >= 11 is 0. The molecule has 2 rings (SSSR count). The van der Waals surface area contributed by atoms with Crippen molar-refractivity contribution in [1.82, 2.24) is 9.29 Å². The van der Waals surface area contributed by atoms with Gasteiger partial charge in [0.05, 0.1) is 12.3 Å². The Hall–Kier alpha value is -1.18. The van der Waals surface area contributed by atoms with Crippen LogP contribution in [0.25, 0.3) is 0 Å². The first-order valence-corrected chi connectivity index (χ1v) is 8.34. The Morgan fingerprint density at radius 2 is 2.05 bits per heavy atom. The van der Waals surface area contributed by atoms with Gasteiger partial charge in [0.25, 0.3) is 10.0 Å². The number of nitrogens with two attached hydrogens (primary N) is 1. The lowest BCUT2D eigenvalue weighted by Gasteiger charge is -2.32. The monoisotopic (exact) mass is 299 g/mol. The maximum absolute atomic E-state index is 12.7. The van der Waals surface area contributed by atoms with E-state index in [2.05, 4.69) is 4.98 Å². The summed E-state index contributed by atoms with van der Waals surface area (Å²) in [6.45, 7) is -0.120. The van der Waals surface area contributed by atoms with Gasteiger partial charge in [-0.3, -0.25) is 0 Å². The van der Waals surface area contributed by atoms with Gasteiger partial charge in [0.1, 0.15) is 0 Å². The number of pyridine rings is 1. The van der Waals surface area contributed by atoms with Gasteiger partial charge in [-0.25, -0.2) is 13.4 Å². The molecule has 1 heterocycles. The van der Waals surface area contributed by atoms with E-state index in [1.165, 1.54) is 16.6 Å². The second kappa shape index (κ2) is 6.51. The number of nitrogens with zero attached hydrogens (tertiary/aromatic N) is 2. The number of hydrogen-bond donors (Lipinski definition) is 2. The number of aliphatic hydroxyl groups is 1. The normalized spacial score (nSPS) is 17.5. The van der Waals surface area contributed by atoms with Crippen molar-refractivity contribution >= 4 is 15.7 Å². The molecule has 0 bridgehead atoms. The van der Waals surface area contributed by atoms with E-state index in [1.807, 2.05) is 0 Å². The molecule has 7 heteroatoms. The third-order valence-electron chi connectivity index (χ3n) is 3.66. The van der Waals surface area contributed by atoms with Gasteiger partial charge in [0.15, 0.2) is 5.03 Å². The van der Waals surface area contributed by atoms with E-state index in [4.69, 9.17) is 5.73 Å². The average molecular weight is 299 g/mol. The number of nitrogen functional groups attached to an aromatic ring is 1. The molecule has 0 spiro atoms. The summed E-state index contributed by atoms with van der Waals surface area (Å²) in [5, 5.41) is 9.08. The minimum absolute atomic E-state index is 0.0673. The largest absolute Gasteiger partial charge is 0.396 e. The van der Waals surface area contributed by atoms with Crippen LogP contribution in [0.5, 0.6) is 0 Å². The summed E-state index contributed by atoms with van der Waals surface area (Å²) in [6.07, 6.45) is 6.23. The highest BCUT2D eigenvalue weighted by Gasteiger charge is 2.33. The Balaban J connectivity index is 2.34. The summed E-state index contributed by atoms with van der Waals surface area (Å²) in [7, 11) is -3.76. The molecule has 1 aliphatic rings. The van der Waals surface area contributed by atoms with Gasteiger partial charge in [0, 0.05) is 18.8 Å². The van der Waals surface area contributed by atoms with Crippen LogP contribution in [0.3, 0.4) is 0 Å². The van der Waals surface area contributed by atoms with Gasteiger partial charge in [0.2, 0.25) is 0 Å². The molecule has 0 atom stereocenters. The number of rotatable bonds is 5. The number of anilines is 1. The van der Waals surface area contributed by atoms with Gasteiger partial charge in [-0.05, 0) is 25.0 Å². The predicted octanol–water partition coefficient (Wildman–Crippen LogP) is 0.979. The van der Waals surface area contributed by atoms with Crippen LogP contribution in [-0.4, -0.2) is 42.0 Å². The van der Waals surface area contributed by atoms with Crippen molar-refractivity contribution in [2.45, 2.75) is 43.2 Å². The maximum Gasteiger partial charge on any atom is 0.262 e. The van der Waals surface area contributed by atoms with Crippen molar-refractivity contribution in [3.05, 3.63) is 18.3 Å². The molecule has 20 heavy (non-hydrogen) atoms. The third-order valence-corrected chi connectivity index (χ3v) is 5.58. The van der Waals surface area contributed by atoms with Crippen LogP contribution in [0.4, 0.5) is 5.69 Å². The van der Waals surface area contributed by atoms with E-state index in [0.29, 0.717) is 0 Å². The van der Waals surface area contributed by atoms with Crippen LogP contribution in [0.15, 0.2) is 23.4 Å². The number of hydrogen-bond acceptors (Lipinski definition) is 5. The first kappa shape index (κ1) is 15.2. The highest BCUT2D eigenvalue weighted by atomic mass is 32.2. The van der Waals surface area contributed by atoms with E-state index in [1.54, 1.807) is 6.07 Å². The summed E-state index contributed by atoms with van der Waals surface area (Å²) in [4.78, 5) is 3.91. The molecule has 6 nitrogen and oxygen atoms in total. The van der Waals surface area contributed by atoms with Gasteiger partial charge in [-0.15, -0.1) is 0 Å². The second-order valence-electron chi connectivity index (χ2n) is 5.03. The van der Waals surface area contributed by atoms with E-state index < -0.39 is 10.0 Å². The maximum atomic E-state index is 12.7. The summed E-state index contributed by atoms with van der Waals surface area (Å²) in [5.74, 6) is 0. The lowest BCUT2D eigenvalue weighted by molar-refractivity contribution is 0.199. The Labute approximate surface area is 119 Å². The molecule has 1 fully saturated rings. The Bertz CT molecular complexity index is 542. The van der Waals surface area contributed by atoms with Crippen LogP contribution in [-0.2, 0) is 10.0 Å². The molecule has 0 unspecified atom stereocenters. The molecule has 1 saturated carbocycles. The van der Waals surface area contributed by atoms with Crippen LogP contribution in [0.1, 0.15) is 32.1 Å². The molecule has 0 saturated heterocycles. The fraction of sp³-hybridized carbons (Fsp3) is 0.615. The standard InChI is InChI=1S/C13H21N3O3S/c14-12-7-4-8-15-13(12)20(18,19)16(9-10-17)11-5-2-1-3-6-11/h4,7-8,11,17H,1-3,5-6,9-10,14H2. The second-order valence-corrected chi connectivity index (χ2v) is 6.83. The Kier molecular flexibility index (Phi) is 4.95. The zero-order chi connectivity index (χ0) is 14.6. The fourth-order valence-corrected chi connectivity index (χ4v) is 4.40. The van der Waals surface area contributed by atoms with Gasteiger partial charge in [-0.2, -0.15) is 4.31 Å². The number of aliphatic hydroxyl groups excluding tert-OH is 1. The van der Waals surface area contributed by atoms with Crippen molar-refractivity contribution in [3.8, 4) is 0 Å². The molecule has 1 aliphatic carbocycles. The van der Waals surface area contributed by atoms with Crippen molar-refractivity contribution < 1.29 is 13.5 Å². The molecule has 1 aromatic heterocycles. The lowest BCUT2D eigenvalue weighted by atomic mass is 9.95. The van der Waals surface area contributed by atoms with Crippen LogP contribution in [0, 0.1) is 0 Å². The van der Waals surface area contributed by atoms with E-state index >= 15 is 0 Å². The quantitative estimate of drug-likeness (QED) is 0.845. The van der Waals surface area contributed by atoms with Crippen molar-refractivity contribution in [1.29, 1.82) is 0 Å². The van der Waals surface area contributed by atoms with Gasteiger partial charge < -0.3 is 10.8 Å². The minimum Gasteiger partial charge on any atom is -0.396 e. The highest BCUT2D eigenvalue weighted by Crippen LogP contribution is 2.28. The lowest BCUT2D eigenvalue weighted by Crippen LogP contribution is -2.43. The summed E-state index contributed by atoms with van der Waals surface area (Å²) in [6, 6.07) is 3.06. The van der Waals surface area contributed by atoms with Crippen LogP contribution < -0.4 is 5.73 Å².